The Balaban J connectivity index is 1.62. The third-order valence-corrected chi connectivity index (χ3v) is 4.95. The molecule has 1 fully saturated rings. The minimum Gasteiger partial charge on any atom is -0.294 e. The lowest BCUT2D eigenvalue weighted by Crippen LogP contribution is -2.03. The summed E-state index contributed by atoms with van der Waals surface area (Å²) in [5.74, 6) is 1.17. The van der Waals surface area contributed by atoms with Gasteiger partial charge in [-0.15, -0.1) is 0 Å². The highest BCUT2D eigenvalue weighted by Gasteiger charge is 2.42. The van der Waals surface area contributed by atoms with Crippen molar-refractivity contribution in [2.45, 2.75) is 39.0 Å². The molecule has 0 unspecified atom stereocenters. The van der Waals surface area contributed by atoms with Crippen molar-refractivity contribution in [2.75, 3.05) is 0 Å². The molecule has 0 bridgehead atoms. The lowest BCUT2D eigenvalue weighted by molar-refractivity contribution is 0.0960. The lowest BCUT2D eigenvalue weighted by Gasteiger charge is -2.05. The van der Waals surface area contributed by atoms with Gasteiger partial charge in [-0.25, -0.2) is 0 Å². The Bertz CT molecular complexity index is 737. The SMILES string of the molecule is CCCCC[C@H]1C[C@H]1C(=O)c1ccc(-c2ccc(C#N)cc2)cc1. The summed E-state index contributed by atoms with van der Waals surface area (Å²) in [5, 5.41) is 8.86. The van der Waals surface area contributed by atoms with Crippen LogP contribution in [0.4, 0.5) is 0 Å². The molecule has 0 heterocycles. The van der Waals surface area contributed by atoms with E-state index in [-0.39, 0.29) is 5.92 Å². The van der Waals surface area contributed by atoms with Gasteiger partial charge < -0.3 is 0 Å². The molecule has 122 valence electrons. The summed E-state index contributed by atoms with van der Waals surface area (Å²) in [6.45, 7) is 2.21. The normalized spacial score (nSPS) is 18.8. The first-order valence-corrected chi connectivity index (χ1v) is 8.87. The van der Waals surface area contributed by atoms with Crippen molar-refractivity contribution in [1.29, 1.82) is 5.26 Å². The summed E-state index contributed by atoms with van der Waals surface area (Å²) in [7, 11) is 0. The summed E-state index contributed by atoms with van der Waals surface area (Å²) in [5.41, 5.74) is 3.63. The average Bonchev–Trinajstić information content (AvgIpc) is 3.41. The average molecular weight is 317 g/mol. The zero-order chi connectivity index (χ0) is 16.9. The molecule has 2 aromatic carbocycles. The minimum atomic E-state index is 0.252. The predicted octanol–water partition coefficient (Wildman–Crippen LogP) is 5.62. The molecule has 24 heavy (non-hydrogen) atoms. The molecular formula is C22H23NO. The summed E-state index contributed by atoms with van der Waals surface area (Å²) in [6.07, 6.45) is 6.04. The van der Waals surface area contributed by atoms with Gasteiger partial charge in [0.2, 0.25) is 0 Å². The molecule has 0 aliphatic heterocycles. The van der Waals surface area contributed by atoms with Crippen molar-refractivity contribution in [3.05, 3.63) is 59.7 Å². The van der Waals surface area contributed by atoms with Gasteiger partial charge in [-0.1, -0.05) is 62.6 Å². The molecule has 0 aromatic heterocycles. The van der Waals surface area contributed by atoms with Crippen LogP contribution in [0.5, 0.6) is 0 Å². The summed E-state index contributed by atoms with van der Waals surface area (Å²) in [4.78, 5) is 12.5. The quantitative estimate of drug-likeness (QED) is 0.491. The molecule has 0 saturated heterocycles. The van der Waals surface area contributed by atoms with Crippen molar-refractivity contribution in [2.24, 2.45) is 11.8 Å². The van der Waals surface area contributed by atoms with E-state index in [1.165, 1.54) is 25.7 Å². The van der Waals surface area contributed by atoms with E-state index in [4.69, 9.17) is 5.26 Å². The standard InChI is InChI=1S/C22H23NO/c1-2-3-4-5-20-14-21(20)22(24)19-12-10-18(11-13-19)17-8-6-16(15-23)7-9-17/h6-13,20-21H,2-5,14H2,1H3/t20-,21+/m0/s1. The maximum atomic E-state index is 12.5. The second-order valence-corrected chi connectivity index (χ2v) is 6.73. The van der Waals surface area contributed by atoms with Crippen molar-refractivity contribution >= 4 is 5.78 Å². The zero-order valence-electron chi connectivity index (χ0n) is 14.2. The van der Waals surface area contributed by atoms with Gasteiger partial charge in [0, 0.05) is 11.5 Å². The van der Waals surface area contributed by atoms with Gasteiger partial charge in [0.1, 0.15) is 0 Å². The van der Waals surface area contributed by atoms with Gasteiger partial charge in [-0.2, -0.15) is 5.26 Å². The highest BCUT2D eigenvalue weighted by Crippen LogP contribution is 2.44. The Morgan fingerprint density at radius 1 is 1.04 bits per heavy atom. The van der Waals surface area contributed by atoms with E-state index in [1.54, 1.807) is 0 Å². The number of Topliss-reactive ketones (excluding diaryl/α,β-unsaturated/α-hetero) is 1. The monoisotopic (exact) mass is 317 g/mol. The number of benzene rings is 2. The molecule has 2 atom stereocenters. The Morgan fingerprint density at radius 3 is 2.25 bits per heavy atom. The fraction of sp³-hybridized carbons (Fsp3) is 0.364. The molecule has 2 nitrogen and oxygen atoms in total. The van der Waals surface area contributed by atoms with Gasteiger partial charge in [-0.05, 0) is 42.0 Å². The summed E-state index contributed by atoms with van der Waals surface area (Å²) in [6, 6.07) is 17.5. The predicted molar refractivity (Wildman–Crippen MR) is 96.7 cm³/mol. The Labute approximate surface area is 144 Å². The minimum absolute atomic E-state index is 0.252. The van der Waals surface area contributed by atoms with Crippen LogP contribution in [0.3, 0.4) is 0 Å². The molecule has 2 heteroatoms. The second-order valence-electron chi connectivity index (χ2n) is 6.73. The van der Waals surface area contributed by atoms with E-state index in [2.05, 4.69) is 13.0 Å². The first-order chi connectivity index (χ1) is 11.7. The molecule has 0 amide bonds. The number of carbonyl (C=O) groups excluding carboxylic acids is 1. The zero-order valence-corrected chi connectivity index (χ0v) is 14.2. The maximum Gasteiger partial charge on any atom is 0.166 e. The number of nitriles is 1. The van der Waals surface area contributed by atoms with Gasteiger partial charge in [0.15, 0.2) is 5.78 Å². The first-order valence-electron chi connectivity index (χ1n) is 8.87. The number of ketones is 1. The lowest BCUT2D eigenvalue weighted by atomic mass is 9.99. The third-order valence-electron chi connectivity index (χ3n) is 4.95. The van der Waals surface area contributed by atoms with Gasteiger partial charge in [0.25, 0.3) is 0 Å². The van der Waals surface area contributed by atoms with Crippen LogP contribution in [0.2, 0.25) is 0 Å². The summed E-state index contributed by atoms with van der Waals surface area (Å²) >= 11 is 0. The summed E-state index contributed by atoms with van der Waals surface area (Å²) < 4.78 is 0. The van der Waals surface area contributed by atoms with Gasteiger partial charge in [-0.3, -0.25) is 4.79 Å². The van der Waals surface area contributed by atoms with Crippen LogP contribution in [0.15, 0.2) is 48.5 Å². The van der Waals surface area contributed by atoms with E-state index in [0.29, 0.717) is 17.3 Å². The van der Waals surface area contributed by atoms with Crippen molar-refractivity contribution < 1.29 is 4.79 Å². The largest absolute Gasteiger partial charge is 0.294 e. The van der Waals surface area contributed by atoms with E-state index in [0.717, 1.165) is 23.1 Å². The molecule has 0 spiro atoms. The number of nitrogens with zero attached hydrogens (tertiary/aromatic N) is 1. The molecule has 1 aliphatic carbocycles. The fourth-order valence-electron chi connectivity index (χ4n) is 3.32. The molecule has 1 saturated carbocycles. The van der Waals surface area contributed by atoms with Crippen LogP contribution >= 0.6 is 0 Å². The number of hydrogen-bond donors (Lipinski definition) is 0. The number of carbonyl (C=O) groups is 1. The molecule has 3 rings (SSSR count). The smallest absolute Gasteiger partial charge is 0.166 e. The van der Waals surface area contributed by atoms with Crippen LogP contribution in [-0.4, -0.2) is 5.78 Å². The topological polar surface area (TPSA) is 40.9 Å². The Kier molecular flexibility index (Phi) is 5.11. The van der Waals surface area contributed by atoms with E-state index >= 15 is 0 Å². The second kappa shape index (κ2) is 7.45. The van der Waals surface area contributed by atoms with E-state index < -0.39 is 0 Å². The fourth-order valence-corrected chi connectivity index (χ4v) is 3.32. The van der Waals surface area contributed by atoms with Crippen LogP contribution in [0.1, 0.15) is 54.9 Å². The van der Waals surface area contributed by atoms with Crippen LogP contribution < -0.4 is 0 Å². The first kappa shape index (κ1) is 16.5. The van der Waals surface area contributed by atoms with Crippen LogP contribution in [-0.2, 0) is 0 Å². The molecule has 0 radical (unpaired) electrons. The van der Waals surface area contributed by atoms with Gasteiger partial charge in [0.05, 0.1) is 11.6 Å². The van der Waals surface area contributed by atoms with Crippen molar-refractivity contribution in [3.8, 4) is 17.2 Å². The van der Waals surface area contributed by atoms with Crippen molar-refractivity contribution in [3.63, 3.8) is 0 Å². The van der Waals surface area contributed by atoms with E-state index in [1.807, 2.05) is 48.5 Å². The highest BCUT2D eigenvalue weighted by atomic mass is 16.1. The third kappa shape index (κ3) is 3.74. The van der Waals surface area contributed by atoms with Crippen LogP contribution in [0, 0.1) is 23.2 Å². The molecule has 2 aromatic rings. The number of unbranched alkanes of at least 4 members (excludes halogenated alkanes) is 2. The molecule has 0 N–H and O–H groups in total. The highest BCUT2D eigenvalue weighted by molar-refractivity contribution is 6.00. The van der Waals surface area contributed by atoms with Gasteiger partial charge >= 0.3 is 0 Å². The van der Waals surface area contributed by atoms with Crippen molar-refractivity contribution in [1.82, 2.24) is 0 Å². The van der Waals surface area contributed by atoms with Crippen LogP contribution in [0.25, 0.3) is 11.1 Å². The number of rotatable bonds is 7. The number of hydrogen-bond acceptors (Lipinski definition) is 2. The Morgan fingerprint density at radius 2 is 1.67 bits per heavy atom. The molecular weight excluding hydrogens is 294 g/mol. The Hall–Kier alpha value is -2.40. The van der Waals surface area contributed by atoms with E-state index in [9.17, 15) is 4.79 Å². The molecule has 1 aliphatic rings. The maximum absolute atomic E-state index is 12.5.